The van der Waals surface area contributed by atoms with Gasteiger partial charge in [0.05, 0.1) is 16.8 Å². The molecule has 1 fully saturated rings. The number of carbonyl (C=O) groups excluding carboxylic acids is 1. The Balaban J connectivity index is 2.35. The van der Waals surface area contributed by atoms with Crippen LogP contribution in [-0.4, -0.2) is 21.1 Å². The van der Waals surface area contributed by atoms with E-state index in [4.69, 9.17) is 17.3 Å². The number of nitrogens with zero attached hydrogens (tertiary/aromatic N) is 2. The molecule has 14 heavy (non-hydrogen) atoms. The fourth-order valence-corrected chi connectivity index (χ4v) is 1.94. The number of hydrogen-bond donors (Lipinski definition) is 1. The van der Waals surface area contributed by atoms with Gasteiger partial charge in [0.2, 0.25) is 5.78 Å². The second kappa shape index (κ2) is 3.07. The lowest BCUT2D eigenvalue weighted by Crippen LogP contribution is -2.54. The lowest BCUT2D eigenvalue weighted by Gasteiger charge is -2.36. The Morgan fingerprint density at radius 3 is 2.71 bits per heavy atom. The van der Waals surface area contributed by atoms with E-state index < -0.39 is 5.54 Å². The molecule has 1 saturated carbocycles. The molecule has 0 unspecified atom stereocenters. The molecule has 0 saturated heterocycles. The van der Waals surface area contributed by atoms with E-state index in [2.05, 4.69) is 5.10 Å². The molecule has 76 valence electrons. The van der Waals surface area contributed by atoms with Crippen LogP contribution in [0.3, 0.4) is 0 Å². The molecular formula is C9H12ClN3O. The molecule has 0 radical (unpaired) electrons. The number of halogens is 1. The molecule has 0 aromatic carbocycles. The number of carbonyl (C=O) groups is 1. The van der Waals surface area contributed by atoms with Crippen molar-refractivity contribution < 1.29 is 4.79 Å². The molecule has 1 aromatic heterocycles. The van der Waals surface area contributed by atoms with Gasteiger partial charge in [-0.2, -0.15) is 5.10 Å². The van der Waals surface area contributed by atoms with Gasteiger partial charge in [0.25, 0.3) is 0 Å². The van der Waals surface area contributed by atoms with E-state index in [0.29, 0.717) is 10.7 Å². The summed E-state index contributed by atoms with van der Waals surface area (Å²) in [5.74, 6) is -0.0891. The van der Waals surface area contributed by atoms with Gasteiger partial charge in [-0.3, -0.25) is 9.48 Å². The summed E-state index contributed by atoms with van der Waals surface area (Å²) in [6.45, 7) is 0. The summed E-state index contributed by atoms with van der Waals surface area (Å²) in [7, 11) is 1.70. The van der Waals surface area contributed by atoms with E-state index in [1.54, 1.807) is 7.05 Å². The molecule has 5 heteroatoms. The quantitative estimate of drug-likeness (QED) is 0.750. The minimum absolute atomic E-state index is 0.0891. The van der Waals surface area contributed by atoms with Gasteiger partial charge in [-0.05, 0) is 19.3 Å². The molecule has 0 amide bonds. The van der Waals surface area contributed by atoms with Gasteiger partial charge in [-0.25, -0.2) is 0 Å². The highest BCUT2D eigenvalue weighted by atomic mass is 35.5. The Hall–Kier alpha value is -0.870. The number of aromatic nitrogens is 2. The van der Waals surface area contributed by atoms with Crippen LogP contribution in [0.15, 0.2) is 6.20 Å². The zero-order valence-electron chi connectivity index (χ0n) is 7.96. The van der Waals surface area contributed by atoms with Crippen molar-refractivity contribution in [1.29, 1.82) is 0 Å². The monoisotopic (exact) mass is 213 g/mol. The van der Waals surface area contributed by atoms with Gasteiger partial charge < -0.3 is 5.73 Å². The third kappa shape index (κ3) is 1.26. The third-order valence-electron chi connectivity index (χ3n) is 2.81. The summed E-state index contributed by atoms with van der Waals surface area (Å²) in [6, 6.07) is 0. The Morgan fingerprint density at radius 1 is 1.71 bits per heavy atom. The molecular weight excluding hydrogens is 202 g/mol. The van der Waals surface area contributed by atoms with E-state index in [0.717, 1.165) is 19.3 Å². The van der Waals surface area contributed by atoms with Gasteiger partial charge in [0, 0.05) is 7.05 Å². The van der Waals surface area contributed by atoms with Gasteiger partial charge in [0.1, 0.15) is 5.69 Å². The average molecular weight is 214 g/mol. The molecule has 0 aliphatic heterocycles. The van der Waals surface area contributed by atoms with Crippen molar-refractivity contribution in [3.05, 3.63) is 16.9 Å². The number of hydrogen-bond acceptors (Lipinski definition) is 3. The zero-order valence-corrected chi connectivity index (χ0v) is 8.71. The van der Waals surface area contributed by atoms with Crippen LogP contribution in [0.1, 0.15) is 29.8 Å². The van der Waals surface area contributed by atoms with Crippen LogP contribution < -0.4 is 5.73 Å². The van der Waals surface area contributed by atoms with Crippen LogP contribution in [0.5, 0.6) is 0 Å². The molecule has 0 spiro atoms. The normalized spacial score (nSPS) is 19.1. The molecule has 2 rings (SSSR count). The first-order chi connectivity index (χ1) is 6.54. The van der Waals surface area contributed by atoms with Crippen molar-refractivity contribution in [2.75, 3.05) is 0 Å². The highest BCUT2D eigenvalue weighted by molar-refractivity contribution is 6.34. The number of nitrogens with two attached hydrogens (primary N) is 1. The maximum Gasteiger partial charge on any atom is 0.202 e. The molecule has 2 N–H and O–H groups in total. The first kappa shape index (κ1) is 9.68. The fraction of sp³-hybridized carbons (Fsp3) is 0.556. The summed E-state index contributed by atoms with van der Waals surface area (Å²) < 4.78 is 1.48. The van der Waals surface area contributed by atoms with E-state index in [1.807, 2.05) is 0 Å². The molecule has 1 aliphatic rings. The summed E-state index contributed by atoms with van der Waals surface area (Å²) in [6.07, 6.45) is 3.97. The lowest BCUT2D eigenvalue weighted by molar-refractivity contribution is 0.0790. The second-order valence-corrected chi connectivity index (χ2v) is 4.21. The van der Waals surface area contributed by atoms with Gasteiger partial charge in [-0.1, -0.05) is 11.6 Å². The highest BCUT2D eigenvalue weighted by Crippen LogP contribution is 2.33. The van der Waals surface area contributed by atoms with Crippen LogP contribution in [0.4, 0.5) is 0 Å². The first-order valence-electron chi connectivity index (χ1n) is 4.56. The number of ketones is 1. The van der Waals surface area contributed by atoms with Crippen molar-refractivity contribution in [1.82, 2.24) is 9.78 Å². The Morgan fingerprint density at radius 2 is 2.36 bits per heavy atom. The van der Waals surface area contributed by atoms with Gasteiger partial charge in [0.15, 0.2) is 0 Å². The second-order valence-electron chi connectivity index (χ2n) is 3.80. The largest absolute Gasteiger partial charge is 0.319 e. The minimum atomic E-state index is -0.697. The van der Waals surface area contributed by atoms with Crippen molar-refractivity contribution in [2.45, 2.75) is 24.8 Å². The standard InChI is InChI=1S/C9H12ClN3O/c1-13-7(6(10)5-12-13)8(14)9(11)3-2-4-9/h5H,2-4,11H2,1H3. The highest BCUT2D eigenvalue weighted by Gasteiger charge is 2.42. The molecule has 1 aromatic rings. The van der Waals surface area contributed by atoms with Crippen LogP contribution in [-0.2, 0) is 7.05 Å². The zero-order chi connectivity index (χ0) is 10.3. The molecule has 1 aliphatic carbocycles. The Bertz CT molecular complexity index is 362. The van der Waals surface area contributed by atoms with Gasteiger partial charge in [-0.15, -0.1) is 0 Å². The van der Waals surface area contributed by atoms with E-state index in [-0.39, 0.29) is 5.78 Å². The predicted octanol–water partition coefficient (Wildman–Crippen LogP) is 1.14. The van der Waals surface area contributed by atoms with E-state index >= 15 is 0 Å². The van der Waals surface area contributed by atoms with Crippen LogP contribution >= 0.6 is 11.6 Å². The van der Waals surface area contributed by atoms with E-state index in [9.17, 15) is 4.79 Å². The first-order valence-corrected chi connectivity index (χ1v) is 4.93. The molecule has 0 atom stereocenters. The fourth-order valence-electron chi connectivity index (χ4n) is 1.69. The van der Waals surface area contributed by atoms with Crippen molar-refractivity contribution >= 4 is 17.4 Å². The number of aryl methyl sites for hydroxylation is 1. The molecule has 1 heterocycles. The topological polar surface area (TPSA) is 60.9 Å². The van der Waals surface area contributed by atoms with Crippen molar-refractivity contribution in [3.8, 4) is 0 Å². The smallest absolute Gasteiger partial charge is 0.202 e. The van der Waals surface area contributed by atoms with Gasteiger partial charge >= 0.3 is 0 Å². The summed E-state index contributed by atoms with van der Waals surface area (Å²) >= 11 is 5.87. The summed E-state index contributed by atoms with van der Waals surface area (Å²) in [4.78, 5) is 12.0. The maximum atomic E-state index is 12.0. The Labute approximate surface area is 87.0 Å². The van der Waals surface area contributed by atoms with Crippen LogP contribution in [0.25, 0.3) is 0 Å². The average Bonchev–Trinajstić information content (AvgIpc) is 2.41. The van der Waals surface area contributed by atoms with Crippen molar-refractivity contribution in [3.63, 3.8) is 0 Å². The number of Topliss-reactive ketones (excluding diaryl/α,β-unsaturated/α-hetero) is 1. The lowest BCUT2D eigenvalue weighted by atomic mass is 9.74. The molecule has 0 bridgehead atoms. The SMILES string of the molecule is Cn1ncc(Cl)c1C(=O)C1(N)CCC1. The maximum absolute atomic E-state index is 12.0. The minimum Gasteiger partial charge on any atom is -0.319 e. The third-order valence-corrected chi connectivity index (χ3v) is 3.08. The summed E-state index contributed by atoms with van der Waals surface area (Å²) in [5, 5.41) is 4.30. The van der Waals surface area contributed by atoms with Crippen LogP contribution in [0, 0.1) is 0 Å². The Kier molecular flexibility index (Phi) is 2.12. The van der Waals surface area contributed by atoms with Crippen molar-refractivity contribution in [2.24, 2.45) is 12.8 Å². The molecule has 4 nitrogen and oxygen atoms in total. The summed E-state index contributed by atoms with van der Waals surface area (Å²) in [5.41, 5.74) is 5.65. The van der Waals surface area contributed by atoms with Crippen LogP contribution in [0.2, 0.25) is 5.02 Å². The number of rotatable bonds is 2. The van der Waals surface area contributed by atoms with E-state index in [1.165, 1.54) is 10.9 Å². The predicted molar refractivity (Wildman–Crippen MR) is 53.3 cm³/mol.